The third-order valence-corrected chi connectivity index (χ3v) is 1.30. The van der Waals surface area contributed by atoms with Crippen LogP contribution in [0, 0.1) is 0 Å². The van der Waals surface area contributed by atoms with Crippen molar-refractivity contribution >= 4 is 10.9 Å². The van der Waals surface area contributed by atoms with Crippen molar-refractivity contribution in [3.63, 3.8) is 0 Å². The highest BCUT2D eigenvalue weighted by molar-refractivity contribution is 7.69. The minimum Gasteiger partial charge on any atom is -0.239 e. The van der Waals surface area contributed by atoms with Gasteiger partial charge in [-0.3, -0.25) is 0 Å². The molecule has 56 valence electrons. The molecule has 0 aromatic carbocycles. The average Bonchev–Trinajstić information content (AvgIpc) is 1.63. The Balaban J connectivity index is 3.64. The van der Waals surface area contributed by atoms with E-state index in [0.717, 1.165) is 4.41 Å². The molecule has 0 spiro atoms. The maximum Gasteiger partial charge on any atom is 0.216 e. The van der Waals surface area contributed by atoms with Gasteiger partial charge in [-0.25, -0.2) is 13.8 Å². The van der Waals surface area contributed by atoms with Crippen LogP contribution in [0.3, 0.4) is 0 Å². The molecule has 9 heavy (non-hydrogen) atoms. The Kier molecular flexibility index (Phi) is 3.76. The van der Waals surface area contributed by atoms with Crippen LogP contribution in [-0.4, -0.2) is 25.9 Å². The fourth-order valence-electron chi connectivity index (χ4n) is 0.421. The topological polar surface area (TPSA) is 49.4 Å². The van der Waals surface area contributed by atoms with E-state index in [1.165, 1.54) is 7.05 Å². The molecule has 0 aliphatic rings. The number of hydrazine groups is 1. The summed E-state index contributed by atoms with van der Waals surface area (Å²) in [5.41, 5.74) is 2.68. The van der Waals surface area contributed by atoms with Crippen LogP contribution in [0.25, 0.3) is 0 Å². The van der Waals surface area contributed by atoms with Crippen LogP contribution in [-0.2, 0) is 10.9 Å². The molecule has 1 N–H and O–H groups in total. The van der Waals surface area contributed by atoms with Crippen molar-refractivity contribution in [3.05, 3.63) is 0 Å². The number of hydrogen-bond donors (Lipinski definition) is 2. The van der Waals surface area contributed by atoms with Crippen molar-refractivity contribution < 1.29 is 8.42 Å². The molecule has 4 nitrogen and oxygen atoms in total. The Hall–Kier alpha value is -0.130. The lowest BCUT2D eigenvalue weighted by Crippen LogP contribution is -2.37. The number of nitrogens with zero attached hydrogens (tertiary/aromatic N) is 1. The van der Waals surface area contributed by atoms with Crippen LogP contribution in [0.5, 0.6) is 0 Å². The zero-order valence-electron chi connectivity index (χ0n) is 5.79. The fourth-order valence-corrected chi connectivity index (χ4v) is 0.746. The van der Waals surface area contributed by atoms with Gasteiger partial charge in [0.1, 0.15) is 0 Å². The van der Waals surface area contributed by atoms with E-state index in [9.17, 15) is 8.42 Å². The summed E-state index contributed by atoms with van der Waals surface area (Å²) in [5.74, 6) is 0. The zero-order valence-corrected chi connectivity index (χ0v) is 6.68. The van der Waals surface area contributed by atoms with Gasteiger partial charge in [0.2, 0.25) is 10.9 Å². The molecular weight excluding hydrogens is 140 g/mol. The molecule has 0 rings (SSSR count). The SMILES string of the molecule is CC(C)NN(C)[SH](=O)=O. The average molecular weight is 152 g/mol. The number of hydrogen-bond acceptors (Lipinski definition) is 3. The zero-order chi connectivity index (χ0) is 7.44. The quantitative estimate of drug-likeness (QED) is 0.417. The second kappa shape index (κ2) is 3.81. The van der Waals surface area contributed by atoms with Gasteiger partial charge in [-0.15, -0.1) is 4.41 Å². The maximum absolute atomic E-state index is 10.1. The Labute approximate surface area is 56.9 Å². The van der Waals surface area contributed by atoms with Crippen LogP contribution in [0.15, 0.2) is 0 Å². The van der Waals surface area contributed by atoms with E-state index in [1.807, 2.05) is 13.8 Å². The summed E-state index contributed by atoms with van der Waals surface area (Å²) < 4.78 is 21.3. The first-order valence-corrected chi connectivity index (χ1v) is 3.81. The Bertz CT molecular complexity index is 136. The predicted molar refractivity (Wildman–Crippen MR) is 36.3 cm³/mol. The minimum atomic E-state index is -2.47. The standard InChI is InChI=1S/C4H12N2O2S/c1-4(2)5-6(3)9(7)8/h4-5,9H,1-3H3. The molecule has 0 aliphatic carbocycles. The predicted octanol–water partition coefficient (Wildman–Crippen LogP) is -0.642. The van der Waals surface area contributed by atoms with Gasteiger partial charge in [0.05, 0.1) is 0 Å². The number of nitrogens with one attached hydrogen (secondary N) is 1. The summed E-state index contributed by atoms with van der Waals surface area (Å²) in [7, 11) is -1.01. The van der Waals surface area contributed by atoms with Crippen molar-refractivity contribution in [2.45, 2.75) is 19.9 Å². The first-order chi connectivity index (χ1) is 4.04. The van der Waals surface area contributed by atoms with Gasteiger partial charge in [0, 0.05) is 13.1 Å². The van der Waals surface area contributed by atoms with Crippen molar-refractivity contribution in [3.8, 4) is 0 Å². The first-order valence-electron chi connectivity index (χ1n) is 2.68. The van der Waals surface area contributed by atoms with E-state index in [1.54, 1.807) is 0 Å². The molecule has 0 heterocycles. The maximum atomic E-state index is 10.1. The second-order valence-corrected chi connectivity index (χ2v) is 3.12. The lowest BCUT2D eigenvalue weighted by atomic mass is 10.4. The van der Waals surface area contributed by atoms with Gasteiger partial charge in [0.15, 0.2) is 0 Å². The lowest BCUT2D eigenvalue weighted by molar-refractivity contribution is 0.343. The number of rotatable bonds is 3. The summed E-state index contributed by atoms with van der Waals surface area (Å²) in [6, 6.07) is 0.155. The van der Waals surface area contributed by atoms with E-state index in [2.05, 4.69) is 5.43 Å². The lowest BCUT2D eigenvalue weighted by Gasteiger charge is -2.12. The van der Waals surface area contributed by atoms with Gasteiger partial charge in [-0.1, -0.05) is 0 Å². The highest BCUT2D eigenvalue weighted by Crippen LogP contribution is 1.79. The van der Waals surface area contributed by atoms with E-state index < -0.39 is 10.9 Å². The minimum absolute atomic E-state index is 0.155. The Morgan fingerprint density at radius 1 is 1.44 bits per heavy atom. The highest BCUT2D eigenvalue weighted by Gasteiger charge is 1.98. The molecule has 0 saturated carbocycles. The molecule has 0 amide bonds. The second-order valence-electron chi connectivity index (χ2n) is 2.05. The van der Waals surface area contributed by atoms with Crippen LogP contribution in [0.4, 0.5) is 0 Å². The Morgan fingerprint density at radius 2 is 1.89 bits per heavy atom. The molecule has 0 fully saturated rings. The molecule has 0 bridgehead atoms. The molecule has 0 radical (unpaired) electrons. The van der Waals surface area contributed by atoms with E-state index in [-0.39, 0.29) is 6.04 Å². The monoisotopic (exact) mass is 152 g/mol. The fraction of sp³-hybridized carbons (Fsp3) is 1.00. The van der Waals surface area contributed by atoms with Crippen molar-refractivity contribution in [2.75, 3.05) is 7.05 Å². The Morgan fingerprint density at radius 3 is 2.00 bits per heavy atom. The highest BCUT2D eigenvalue weighted by atomic mass is 32.2. The molecule has 0 aromatic rings. The van der Waals surface area contributed by atoms with E-state index in [4.69, 9.17) is 0 Å². The third-order valence-electron chi connectivity index (χ3n) is 0.690. The largest absolute Gasteiger partial charge is 0.239 e. The third kappa shape index (κ3) is 4.38. The summed E-state index contributed by atoms with van der Waals surface area (Å²) in [6.07, 6.45) is 0. The van der Waals surface area contributed by atoms with Gasteiger partial charge in [0.25, 0.3) is 0 Å². The summed E-state index contributed by atoms with van der Waals surface area (Å²) in [5, 5.41) is 0. The smallest absolute Gasteiger partial charge is 0.216 e. The van der Waals surface area contributed by atoms with Crippen LogP contribution >= 0.6 is 0 Å². The molecule has 0 saturated heterocycles. The van der Waals surface area contributed by atoms with Gasteiger partial charge in [-0.05, 0) is 13.8 Å². The molecule has 0 atom stereocenters. The normalized spacial score (nSPS) is 11.8. The molecule has 0 aromatic heterocycles. The summed E-state index contributed by atoms with van der Waals surface area (Å²) in [4.78, 5) is 0. The van der Waals surface area contributed by atoms with Crippen molar-refractivity contribution in [1.82, 2.24) is 9.84 Å². The van der Waals surface area contributed by atoms with Crippen LogP contribution in [0.2, 0.25) is 0 Å². The van der Waals surface area contributed by atoms with Gasteiger partial charge in [-0.2, -0.15) is 0 Å². The van der Waals surface area contributed by atoms with E-state index in [0.29, 0.717) is 0 Å². The van der Waals surface area contributed by atoms with Crippen LogP contribution < -0.4 is 5.43 Å². The van der Waals surface area contributed by atoms with Crippen LogP contribution in [0.1, 0.15) is 13.8 Å². The van der Waals surface area contributed by atoms with Gasteiger partial charge >= 0.3 is 0 Å². The van der Waals surface area contributed by atoms with Crippen molar-refractivity contribution in [2.24, 2.45) is 0 Å². The van der Waals surface area contributed by atoms with E-state index >= 15 is 0 Å². The van der Waals surface area contributed by atoms with Crippen molar-refractivity contribution in [1.29, 1.82) is 0 Å². The molecule has 5 heteroatoms. The molecule has 0 unspecified atom stereocenters. The summed E-state index contributed by atoms with van der Waals surface area (Å²) in [6.45, 7) is 3.74. The molecule has 0 aliphatic heterocycles. The molecular formula is C4H12N2O2S. The number of thiol groups is 1. The van der Waals surface area contributed by atoms with Gasteiger partial charge < -0.3 is 0 Å². The first kappa shape index (κ1) is 8.87. The summed E-state index contributed by atoms with van der Waals surface area (Å²) >= 11 is 0.